The number of anilines is 1. The van der Waals surface area contributed by atoms with Gasteiger partial charge in [-0.2, -0.15) is 0 Å². The van der Waals surface area contributed by atoms with Gasteiger partial charge in [-0.1, -0.05) is 0 Å². The number of benzene rings is 1. The van der Waals surface area contributed by atoms with Gasteiger partial charge in [-0.3, -0.25) is 10.4 Å². The van der Waals surface area contributed by atoms with Gasteiger partial charge in [-0.15, -0.1) is 0 Å². The molecule has 0 aliphatic heterocycles. The number of hydrogen-bond acceptors (Lipinski definition) is 5. The van der Waals surface area contributed by atoms with E-state index in [1.165, 1.54) is 4.57 Å². The quantitative estimate of drug-likeness (QED) is 0.434. The average Bonchev–Trinajstić information content (AvgIpc) is 2.55. The third-order valence-corrected chi connectivity index (χ3v) is 2.54. The summed E-state index contributed by atoms with van der Waals surface area (Å²) in [7, 11) is 3.58. The van der Waals surface area contributed by atoms with E-state index in [9.17, 15) is 4.79 Å². The van der Waals surface area contributed by atoms with Gasteiger partial charge in [0.05, 0.1) is 12.2 Å². The molecule has 6 heteroatoms. The van der Waals surface area contributed by atoms with Crippen molar-refractivity contribution >= 4 is 16.8 Å². The highest BCUT2D eigenvalue weighted by atomic mass is 16.4. The Balaban J connectivity index is 2.50. The summed E-state index contributed by atoms with van der Waals surface area (Å²) in [6, 6.07) is 5.54. The number of nitrogens with one attached hydrogen (secondary N) is 1. The number of fused-ring (bicyclic) bond motifs is 1. The summed E-state index contributed by atoms with van der Waals surface area (Å²) in [6.45, 7) is 0.525. The van der Waals surface area contributed by atoms with Crippen molar-refractivity contribution in [3.05, 3.63) is 28.7 Å². The van der Waals surface area contributed by atoms with Crippen LogP contribution >= 0.6 is 0 Å². The molecule has 0 saturated heterocycles. The van der Waals surface area contributed by atoms with Crippen molar-refractivity contribution < 1.29 is 4.42 Å². The van der Waals surface area contributed by atoms with Crippen molar-refractivity contribution in [2.45, 2.75) is 0 Å². The maximum atomic E-state index is 11.3. The minimum atomic E-state index is -0.355. The summed E-state index contributed by atoms with van der Waals surface area (Å²) in [5.74, 6) is 4.89. The predicted octanol–water partition coefficient (Wildman–Crippen LogP) is -0.0115. The molecule has 1 aromatic carbocycles. The zero-order valence-electron chi connectivity index (χ0n) is 9.23. The molecule has 0 bridgehead atoms. The molecule has 0 radical (unpaired) electrons. The normalized spacial score (nSPS) is 10.9. The van der Waals surface area contributed by atoms with Crippen LogP contribution in [0, 0.1) is 0 Å². The fraction of sp³-hybridized carbons (Fsp3) is 0.300. The predicted molar refractivity (Wildman–Crippen MR) is 62.0 cm³/mol. The van der Waals surface area contributed by atoms with Crippen LogP contribution in [-0.2, 0) is 7.05 Å². The largest absolute Gasteiger partial charge is 0.419 e. The molecule has 2 aromatic rings. The first-order valence-electron chi connectivity index (χ1n) is 4.87. The fourth-order valence-corrected chi connectivity index (χ4v) is 1.58. The van der Waals surface area contributed by atoms with Crippen molar-refractivity contribution in [1.82, 2.24) is 9.99 Å². The van der Waals surface area contributed by atoms with Gasteiger partial charge in [0, 0.05) is 19.8 Å². The van der Waals surface area contributed by atoms with Crippen molar-refractivity contribution in [2.75, 3.05) is 18.6 Å². The second kappa shape index (κ2) is 3.99. The van der Waals surface area contributed by atoms with E-state index < -0.39 is 0 Å². The second-order valence-corrected chi connectivity index (χ2v) is 3.64. The third-order valence-electron chi connectivity index (χ3n) is 2.54. The van der Waals surface area contributed by atoms with Gasteiger partial charge in [0.15, 0.2) is 5.58 Å². The van der Waals surface area contributed by atoms with Crippen LogP contribution in [0.4, 0.5) is 5.69 Å². The monoisotopic (exact) mass is 222 g/mol. The van der Waals surface area contributed by atoms with Crippen LogP contribution in [0.25, 0.3) is 11.1 Å². The van der Waals surface area contributed by atoms with Gasteiger partial charge >= 0.3 is 5.76 Å². The Bertz CT molecular complexity index is 557. The summed E-state index contributed by atoms with van der Waals surface area (Å²) in [4.78, 5) is 13.2. The summed E-state index contributed by atoms with van der Waals surface area (Å²) in [6.07, 6.45) is 0. The van der Waals surface area contributed by atoms with Gasteiger partial charge in [-0.25, -0.2) is 10.2 Å². The summed E-state index contributed by atoms with van der Waals surface area (Å²) >= 11 is 0. The molecular weight excluding hydrogens is 208 g/mol. The molecular formula is C10H14N4O2. The van der Waals surface area contributed by atoms with Gasteiger partial charge in [-0.05, 0) is 18.2 Å². The molecule has 86 valence electrons. The first kappa shape index (κ1) is 10.7. The lowest BCUT2D eigenvalue weighted by molar-refractivity contribution is 0.528. The number of nitrogens with zero attached hydrogens (tertiary/aromatic N) is 2. The van der Waals surface area contributed by atoms with Crippen molar-refractivity contribution in [3.8, 4) is 0 Å². The zero-order chi connectivity index (χ0) is 11.7. The first-order valence-corrected chi connectivity index (χ1v) is 4.87. The van der Waals surface area contributed by atoms with Gasteiger partial charge in [0.1, 0.15) is 0 Å². The Morgan fingerprint density at radius 1 is 1.56 bits per heavy atom. The fourth-order valence-electron chi connectivity index (χ4n) is 1.58. The van der Waals surface area contributed by atoms with E-state index in [2.05, 4.69) is 5.43 Å². The van der Waals surface area contributed by atoms with E-state index in [1.807, 2.05) is 24.1 Å². The lowest BCUT2D eigenvalue weighted by atomic mass is 10.2. The third kappa shape index (κ3) is 1.68. The van der Waals surface area contributed by atoms with Crippen LogP contribution in [0.15, 0.2) is 27.4 Å². The first-order chi connectivity index (χ1) is 7.63. The Labute approximate surface area is 92.2 Å². The second-order valence-electron chi connectivity index (χ2n) is 3.64. The Kier molecular flexibility index (Phi) is 2.67. The van der Waals surface area contributed by atoms with Crippen LogP contribution < -0.4 is 21.9 Å². The number of oxazole rings is 1. The number of rotatable bonds is 3. The van der Waals surface area contributed by atoms with Crippen LogP contribution in [0.2, 0.25) is 0 Å². The van der Waals surface area contributed by atoms with Gasteiger partial charge in [0.25, 0.3) is 0 Å². The standard InChI is InChI=1S/C10H14N4O2/c1-13(6-12-11)7-3-4-9-8(5-7)14(2)10(15)16-9/h3-5,12H,6,11H2,1-2H3. The molecule has 0 aliphatic carbocycles. The van der Waals surface area contributed by atoms with Crippen LogP contribution in [0.5, 0.6) is 0 Å². The molecule has 16 heavy (non-hydrogen) atoms. The van der Waals surface area contributed by atoms with Crippen molar-refractivity contribution in [2.24, 2.45) is 12.9 Å². The van der Waals surface area contributed by atoms with E-state index in [0.29, 0.717) is 12.3 Å². The van der Waals surface area contributed by atoms with Crippen molar-refractivity contribution in [3.63, 3.8) is 0 Å². The number of aromatic nitrogens is 1. The molecule has 0 amide bonds. The maximum absolute atomic E-state index is 11.3. The Hall–Kier alpha value is -1.79. The summed E-state index contributed by atoms with van der Waals surface area (Å²) < 4.78 is 6.52. The number of aryl methyl sites for hydroxylation is 1. The Morgan fingerprint density at radius 2 is 2.31 bits per heavy atom. The molecule has 6 nitrogen and oxygen atoms in total. The molecule has 2 rings (SSSR count). The van der Waals surface area contributed by atoms with E-state index >= 15 is 0 Å². The molecule has 1 heterocycles. The smallest absolute Gasteiger partial charge is 0.408 e. The van der Waals surface area contributed by atoms with Crippen LogP contribution in [-0.4, -0.2) is 18.3 Å². The summed E-state index contributed by atoms with van der Waals surface area (Å²) in [5, 5.41) is 0. The molecule has 0 atom stereocenters. The van der Waals surface area contributed by atoms with Gasteiger partial charge < -0.3 is 9.32 Å². The Morgan fingerprint density at radius 3 is 3.00 bits per heavy atom. The highest BCUT2D eigenvalue weighted by molar-refractivity contribution is 5.77. The average molecular weight is 222 g/mol. The molecule has 3 N–H and O–H groups in total. The molecule has 1 aromatic heterocycles. The highest BCUT2D eigenvalue weighted by Gasteiger charge is 2.07. The highest BCUT2D eigenvalue weighted by Crippen LogP contribution is 2.19. The molecule has 0 aliphatic rings. The van der Waals surface area contributed by atoms with E-state index in [-0.39, 0.29) is 5.76 Å². The van der Waals surface area contributed by atoms with Crippen LogP contribution in [0.3, 0.4) is 0 Å². The summed E-state index contributed by atoms with van der Waals surface area (Å²) in [5.41, 5.74) is 4.89. The topological polar surface area (TPSA) is 76.4 Å². The van der Waals surface area contributed by atoms with Crippen LogP contribution in [0.1, 0.15) is 0 Å². The minimum Gasteiger partial charge on any atom is -0.408 e. The van der Waals surface area contributed by atoms with E-state index in [1.54, 1.807) is 13.1 Å². The van der Waals surface area contributed by atoms with E-state index in [0.717, 1.165) is 11.2 Å². The van der Waals surface area contributed by atoms with Gasteiger partial charge in [0.2, 0.25) is 0 Å². The van der Waals surface area contributed by atoms with Crippen molar-refractivity contribution in [1.29, 1.82) is 0 Å². The number of hydrazine groups is 1. The lowest BCUT2D eigenvalue weighted by Crippen LogP contribution is -2.35. The minimum absolute atomic E-state index is 0.355. The number of nitrogens with two attached hydrogens (primary N) is 1. The maximum Gasteiger partial charge on any atom is 0.419 e. The molecule has 0 saturated carbocycles. The molecule has 0 unspecified atom stereocenters. The van der Waals surface area contributed by atoms with E-state index in [4.69, 9.17) is 10.3 Å². The zero-order valence-corrected chi connectivity index (χ0v) is 9.23. The lowest BCUT2D eigenvalue weighted by Gasteiger charge is -2.18. The number of hydrogen-bond donors (Lipinski definition) is 2. The molecule has 0 spiro atoms. The SMILES string of the molecule is CN(CNN)c1ccc2oc(=O)n(C)c2c1. The molecule has 0 fully saturated rings.